The lowest BCUT2D eigenvalue weighted by atomic mass is 10.1. The molecule has 26 heavy (non-hydrogen) atoms. The SMILES string of the molecule is COc1ccc(S(=O)(=O)NCC(=O)Nc2cccc(C(C)=O)c2)cc1C. The van der Waals surface area contributed by atoms with Crippen molar-refractivity contribution in [2.45, 2.75) is 18.7 Å². The average molecular weight is 376 g/mol. The van der Waals surface area contributed by atoms with Crippen LogP contribution in [0.25, 0.3) is 0 Å². The minimum Gasteiger partial charge on any atom is -0.496 e. The van der Waals surface area contributed by atoms with Gasteiger partial charge in [0.2, 0.25) is 15.9 Å². The molecule has 0 saturated carbocycles. The molecule has 2 N–H and O–H groups in total. The third kappa shape index (κ3) is 4.90. The number of aryl methyl sites for hydroxylation is 1. The van der Waals surface area contributed by atoms with Crippen LogP contribution >= 0.6 is 0 Å². The van der Waals surface area contributed by atoms with Crippen molar-refractivity contribution in [3.05, 3.63) is 53.6 Å². The van der Waals surface area contributed by atoms with Crippen molar-refractivity contribution in [2.24, 2.45) is 0 Å². The van der Waals surface area contributed by atoms with Gasteiger partial charge >= 0.3 is 0 Å². The quantitative estimate of drug-likeness (QED) is 0.721. The zero-order chi connectivity index (χ0) is 19.3. The number of ketones is 1. The monoisotopic (exact) mass is 376 g/mol. The Hall–Kier alpha value is -2.71. The second-order valence-electron chi connectivity index (χ2n) is 5.64. The number of hydrogen-bond donors (Lipinski definition) is 2. The van der Waals surface area contributed by atoms with Gasteiger partial charge in [-0.3, -0.25) is 9.59 Å². The van der Waals surface area contributed by atoms with Crippen LogP contribution in [0, 0.1) is 6.92 Å². The number of hydrogen-bond acceptors (Lipinski definition) is 5. The smallest absolute Gasteiger partial charge is 0.241 e. The highest BCUT2D eigenvalue weighted by atomic mass is 32.2. The Bertz CT molecular complexity index is 938. The van der Waals surface area contributed by atoms with Gasteiger partial charge < -0.3 is 10.1 Å². The first-order valence-corrected chi connectivity index (χ1v) is 9.26. The van der Waals surface area contributed by atoms with Gasteiger partial charge in [0, 0.05) is 11.3 Å². The van der Waals surface area contributed by atoms with E-state index in [1.165, 1.54) is 32.2 Å². The first-order chi connectivity index (χ1) is 12.2. The molecule has 2 rings (SSSR count). The summed E-state index contributed by atoms with van der Waals surface area (Å²) in [6.07, 6.45) is 0. The highest BCUT2D eigenvalue weighted by Gasteiger charge is 2.17. The Labute approximate surface area is 152 Å². The van der Waals surface area contributed by atoms with E-state index in [0.717, 1.165) is 0 Å². The fourth-order valence-corrected chi connectivity index (χ4v) is 3.35. The number of amides is 1. The molecule has 0 atom stereocenters. The van der Waals surface area contributed by atoms with Crippen LogP contribution in [0.2, 0.25) is 0 Å². The van der Waals surface area contributed by atoms with E-state index in [0.29, 0.717) is 22.6 Å². The Balaban J connectivity index is 2.03. The van der Waals surface area contributed by atoms with Gasteiger partial charge in [-0.05, 0) is 49.7 Å². The van der Waals surface area contributed by atoms with Crippen molar-refractivity contribution >= 4 is 27.4 Å². The molecule has 0 saturated heterocycles. The molecule has 0 fully saturated rings. The molecule has 0 bridgehead atoms. The van der Waals surface area contributed by atoms with E-state index >= 15 is 0 Å². The van der Waals surface area contributed by atoms with Gasteiger partial charge in [0.05, 0.1) is 18.6 Å². The topological polar surface area (TPSA) is 102 Å². The predicted octanol–water partition coefficient (Wildman–Crippen LogP) is 2.12. The van der Waals surface area contributed by atoms with E-state index in [1.54, 1.807) is 31.2 Å². The minimum absolute atomic E-state index is 0.0437. The van der Waals surface area contributed by atoms with E-state index in [4.69, 9.17) is 4.74 Å². The van der Waals surface area contributed by atoms with Crippen LogP contribution in [0.5, 0.6) is 5.75 Å². The normalized spacial score (nSPS) is 11.0. The lowest BCUT2D eigenvalue weighted by molar-refractivity contribution is -0.115. The minimum atomic E-state index is -3.84. The molecule has 2 aromatic rings. The molecule has 2 aromatic carbocycles. The van der Waals surface area contributed by atoms with Gasteiger partial charge in [-0.15, -0.1) is 0 Å². The molecule has 0 aliphatic rings. The third-order valence-corrected chi connectivity index (χ3v) is 5.05. The molecule has 0 spiro atoms. The molecule has 138 valence electrons. The molecule has 0 unspecified atom stereocenters. The summed E-state index contributed by atoms with van der Waals surface area (Å²) in [5.74, 6) is -0.0942. The summed E-state index contributed by atoms with van der Waals surface area (Å²) in [7, 11) is -2.34. The molecular weight excluding hydrogens is 356 g/mol. The molecule has 0 aliphatic heterocycles. The summed E-state index contributed by atoms with van der Waals surface area (Å²) in [5.41, 5.74) is 1.54. The number of carbonyl (C=O) groups is 2. The fraction of sp³-hybridized carbons (Fsp3) is 0.222. The summed E-state index contributed by atoms with van der Waals surface area (Å²) in [6, 6.07) is 10.8. The van der Waals surface area contributed by atoms with E-state index in [1.807, 2.05) is 0 Å². The summed E-state index contributed by atoms with van der Waals surface area (Å²) in [4.78, 5) is 23.4. The Morgan fingerprint density at radius 1 is 1.12 bits per heavy atom. The molecule has 8 heteroatoms. The van der Waals surface area contributed by atoms with Crippen molar-refractivity contribution in [2.75, 3.05) is 19.0 Å². The predicted molar refractivity (Wildman–Crippen MR) is 98.0 cm³/mol. The van der Waals surface area contributed by atoms with E-state index in [-0.39, 0.29) is 10.7 Å². The van der Waals surface area contributed by atoms with Gasteiger partial charge in [0.25, 0.3) is 0 Å². The third-order valence-electron chi connectivity index (χ3n) is 3.65. The van der Waals surface area contributed by atoms with Crippen LogP contribution in [0.4, 0.5) is 5.69 Å². The summed E-state index contributed by atoms with van der Waals surface area (Å²) in [5, 5.41) is 2.55. The maximum Gasteiger partial charge on any atom is 0.241 e. The van der Waals surface area contributed by atoms with Crippen LogP contribution in [-0.2, 0) is 14.8 Å². The van der Waals surface area contributed by atoms with E-state index in [2.05, 4.69) is 10.0 Å². The van der Waals surface area contributed by atoms with Crippen LogP contribution in [0.15, 0.2) is 47.4 Å². The van der Waals surface area contributed by atoms with Crippen molar-refractivity contribution in [1.82, 2.24) is 4.72 Å². The zero-order valence-electron chi connectivity index (χ0n) is 14.7. The lowest BCUT2D eigenvalue weighted by Crippen LogP contribution is -2.33. The first kappa shape index (κ1) is 19.6. The molecular formula is C18H20N2O5S. The van der Waals surface area contributed by atoms with Gasteiger partial charge in [0.15, 0.2) is 5.78 Å². The molecule has 7 nitrogen and oxygen atoms in total. The Morgan fingerprint density at radius 2 is 1.85 bits per heavy atom. The van der Waals surface area contributed by atoms with Crippen molar-refractivity contribution in [1.29, 1.82) is 0 Å². The fourth-order valence-electron chi connectivity index (χ4n) is 2.28. The Morgan fingerprint density at radius 3 is 2.46 bits per heavy atom. The van der Waals surface area contributed by atoms with Crippen LogP contribution in [0.1, 0.15) is 22.8 Å². The first-order valence-electron chi connectivity index (χ1n) is 7.78. The number of anilines is 1. The highest BCUT2D eigenvalue weighted by molar-refractivity contribution is 7.89. The molecule has 0 heterocycles. The van der Waals surface area contributed by atoms with Gasteiger partial charge in [-0.2, -0.15) is 0 Å². The van der Waals surface area contributed by atoms with Crippen molar-refractivity contribution in [3.8, 4) is 5.75 Å². The second-order valence-corrected chi connectivity index (χ2v) is 7.41. The van der Waals surface area contributed by atoms with Crippen molar-refractivity contribution in [3.63, 3.8) is 0 Å². The van der Waals surface area contributed by atoms with Crippen LogP contribution < -0.4 is 14.8 Å². The largest absolute Gasteiger partial charge is 0.496 e. The number of nitrogens with one attached hydrogen (secondary N) is 2. The number of benzene rings is 2. The molecule has 1 amide bonds. The molecule has 0 aromatic heterocycles. The van der Waals surface area contributed by atoms with Gasteiger partial charge in [-0.1, -0.05) is 12.1 Å². The number of methoxy groups -OCH3 is 1. The molecule has 0 radical (unpaired) electrons. The number of ether oxygens (including phenoxy) is 1. The van der Waals surface area contributed by atoms with Gasteiger partial charge in [0.1, 0.15) is 5.75 Å². The maximum absolute atomic E-state index is 12.3. The lowest BCUT2D eigenvalue weighted by Gasteiger charge is -2.10. The maximum atomic E-state index is 12.3. The molecule has 0 aliphatic carbocycles. The average Bonchev–Trinajstić information content (AvgIpc) is 2.60. The van der Waals surface area contributed by atoms with Crippen LogP contribution in [-0.4, -0.2) is 33.8 Å². The number of sulfonamides is 1. The van der Waals surface area contributed by atoms with Crippen molar-refractivity contribution < 1.29 is 22.7 Å². The van der Waals surface area contributed by atoms with E-state index < -0.39 is 22.5 Å². The second kappa shape index (κ2) is 8.11. The Kier molecular flexibility index (Phi) is 6.12. The van der Waals surface area contributed by atoms with Crippen LogP contribution in [0.3, 0.4) is 0 Å². The van der Waals surface area contributed by atoms with E-state index in [9.17, 15) is 18.0 Å². The number of Topliss-reactive ketones (excluding diaryl/α,β-unsaturated/α-hetero) is 1. The standard InChI is InChI=1S/C18H20N2O5S/c1-12-9-16(7-8-17(12)25-3)26(23,24)19-11-18(22)20-15-6-4-5-14(10-15)13(2)21/h4-10,19H,11H2,1-3H3,(H,20,22). The summed E-state index contributed by atoms with van der Waals surface area (Å²) >= 11 is 0. The summed E-state index contributed by atoms with van der Waals surface area (Å²) in [6.45, 7) is 2.72. The summed E-state index contributed by atoms with van der Waals surface area (Å²) < 4.78 is 32.0. The number of carbonyl (C=O) groups excluding carboxylic acids is 2. The van der Waals surface area contributed by atoms with Gasteiger partial charge in [-0.25, -0.2) is 13.1 Å². The highest BCUT2D eigenvalue weighted by Crippen LogP contribution is 2.21. The zero-order valence-corrected chi connectivity index (χ0v) is 15.5. The number of rotatable bonds is 7.